The number of carbonyl (C=O) groups excluding carboxylic acids is 1. The second-order valence-corrected chi connectivity index (χ2v) is 7.47. The SMILES string of the molecule is CCCC[C@H](CC)CNC(=O)CCc1ccc(S(N)(=O)=O)cc1. The van der Waals surface area contributed by atoms with Crippen LogP contribution in [0.25, 0.3) is 0 Å². The molecule has 130 valence electrons. The minimum Gasteiger partial charge on any atom is -0.356 e. The van der Waals surface area contributed by atoms with Gasteiger partial charge < -0.3 is 5.32 Å². The van der Waals surface area contributed by atoms with Crippen LogP contribution >= 0.6 is 0 Å². The maximum absolute atomic E-state index is 11.9. The zero-order chi connectivity index (χ0) is 17.3. The average molecular weight is 340 g/mol. The summed E-state index contributed by atoms with van der Waals surface area (Å²) in [5.74, 6) is 0.586. The molecule has 6 heteroatoms. The third-order valence-electron chi connectivity index (χ3n) is 4.02. The highest BCUT2D eigenvalue weighted by Gasteiger charge is 2.10. The molecule has 0 spiro atoms. The normalized spacial score (nSPS) is 12.8. The molecule has 0 aliphatic rings. The van der Waals surface area contributed by atoms with Gasteiger partial charge in [0.2, 0.25) is 15.9 Å². The van der Waals surface area contributed by atoms with E-state index in [4.69, 9.17) is 5.14 Å². The van der Waals surface area contributed by atoms with E-state index in [1.54, 1.807) is 12.1 Å². The monoisotopic (exact) mass is 340 g/mol. The molecule has 0 saturated carbocycles. The lowest BCUT2D eigenvalue weighted by Crippen LogP contribution is -2.29. The van der Waals surface area contributed by atoms with Crippen LogP contribution in [0.1, 0.15) is 51.5 Å². The van der Waals surface area contributed by atoms with Crippen LogP contribution in [-0.2, 0) is 21.2 Å². The van der Waals surface area contributed by atoms with E-state index >= 15 is 0 Å². The van der Waals surface area contributed by atoms with E-state index in [0.717, 1.165) is 24.9 Å². The standard InChI is InChI=1S/C17H28N2O3S/c1-3-5-6-14(4-2)13-19-17(20)12-9-15-7-10-16(11-8-15)23(18,21)22/h7-8,10-11,14H,3-6,9,12-13H2,1-2H3,(H,19,20)(H2,18,21,22)/t14-/m0/s1. The number of nitrogens with two attached hydrogens (primary N) is 1. The Morgan fingerprint density at radius 3 is 2.39 bits per heavy atom. The molecule has 0 aliphatic carbocycles. The quantitative estimate of drug-likeness (QED) is 0.686. The van der Waals surface area contributed by atoms with Gasteiger partial charge in [-0.3, -0.25) is 4.79 Å². The zero-order valence-corrected chi connectivity index (χ0v) is 14.9. The Morgan fingerprint density at radius 1 is 1.22 bits per heavy atom. The molecule has 3 N–H and O–H groups in total. The van der Waals surface area contributed by atoms with Crippen molar-refractivity contribution in [3.05, 3.63) is 29.8 Å². The van der Waals surface area contributed by atoms with Gasteiger partial charge in [0.1, 0.15) is 0 Å². The molecule has 1 rings (SSSR count). The van der Waals surface area contributed by atoms with Gasteiger partial charge in [0.05, 0.1) is 4.90 Å². The lowest BCUT2D eigenvalue weighted by Gasteiger charge is -2.15. The molecule has 1 aromatic carbocycles. The van der Waals surface area contributed by atoms with Crippen LogP contribution < -0.4 is 10.5 Å². The van der Waals surface area contributed by atoms with Crippen molar-refractivity contribution in [2.75, 3.05) is 6.54 Å². The molecule has 0 bridgehead atoms. The van der Waals surface area contributed by atoms with Gasteiger partial charge in [-0.2, -0.15) is 0 Å². The Morgan fingerprint density at radius 2 is 1.87 bits per heavy atom. The van der Waals surface area contributed by atoms with E-state index < -0.39 is 10.0 Å². The summed E-state index contributed by atoms with van der Waals surface area (Å²) >= 11 is 0. The van der Waals surface area contributed by atoms with Gasteiger partial charge >= 0.3 is 0 Å². The van der Waals surface area contributed by atoms with Gasteiger partial charge in [-0.25, -0.2) is 13.6 Å². The van der Waals surface area contributed by atoms with Gasteiger partial charge in [0.25, 0.3) is 0 Å². The molecule has 1 atom stereocenters. The van der Waals surface area contributed by atoms with E-state index in [-0.39, 0.29) is 10.8 Å². The molecule has 0 aliphatic heterocycles. The summed E-state index contributed by atoms with van der Waals surface area (Å²) in [6.07, 6.45) is 5.60. The summed E-state index contributed by atoms with van der Waals surface area (Å²) in [6, 6.07) is 6.34. The Hall–Kier alpha value is -1.40. The number of aryl methyl sites for hydroxylation is 1. The van der Waals surface area contributed by atoms with Gasteiger partial charge in [-0.05, 0) is 36.5 Å². The third kappa shape index (κ3) is 7.61. The minimum atomic E-state index is -3.66. The van der Waals surface area contributed by atoms with Crippen molar-refractivity contribution in [2.45, 2.75) is 57.3 Å². The molecule has 0 unspecified atom stereocenters. The number of unbranched alkanes of at least 4 members (excludes halogenated alkanes) is 1. The van der Waals surface area contributed by atoms with Crippen molar-refractivity contribution in [3.8, 4) is 0 Å². The summed E-state index contributed by atoms with van der Waals surface area (Å²) in [6.45, 7) is 5.06. The minimum absolute atomic E-state index is 0.0375. The highest BCUT2D eigenvalue weighted by Crippen LogP contribution is 2.12. The molecule has 0 fully saturated rings. The van der Waals surface area contributed by atoms with Crippen LogP contribution in [0, 0.1) is 5.92 Å². The van der Waals surface area contributed by atoms with Crippen LogP contribution in [0.4, 0.5) is 0 Å². The first-order chi connectivity index (χ1) is 10.9. The first-order valence-electron chi connectivity index (χ1n) is 8.25. The predicted molar refractivity (Wildman–Crippen MR) is 92.5 cm³/mol. The van der Waals surface area contributed by atoms with Crippen molar-refractivity contribution in [1.82, 2.24) is 5.32 Å². The van der Waals surface area contributed by atoms with E-state index in [0.29, 0.717) is 18.8 Å². The van der Waals surface area contributed by atoms with Gasteiger partial charge in [0, 0.05) is 13.0 Å². The second-order valence-electron chi connectivity index (χ2n) is 5.91. The van der Waals surface area contributed by atoms with E-state index in [1.807, 2.05) is 0 Å². The second kappa shape index (κ2) is 9.67. The molecule has 1 amide bonds. The van der Waals surface area contributed by atoms with Crippen molar-refractivity contribution in [1.29, 1.82) is 0 Å². The summed E-state index contributed by atoms with van der Waals surface area (Å²) in [5, 5.41) is 8.05. The smallest absolute Gasteiger partial charge is 0.238 e. The molecule has 1 aromatic rings. The molecule has 5 nitrogen and oxygen atoms in total. The summed E-state index contributed by atoms with van der Waals surface area (Å²) in [4.78, 5) is 12.0. The number of hydrogen-bond acceptors (Lipinski definition) is 3. The van der Waals surface area contributed by atoms with Crippen molar-refractivity contribution in [3.63, 3.8) is 0 Å². The van der Waals surface area contributed by atoms with Crippen LogP contribution in [0.3, 0.4) is 0 Å². The number of sulfonamides is 1. The first kappa shape index (κ1) is 19.6. The number of nitrogens with one attached hydrogen (secondary N) is 1. The first-order valence-corrected chi connectivity index (χ1v) is 9.79. The molecule has 0 heterocycles. The van der Waals surface area contributed by atoms with E-state index in [1.165, 1.54) is 25.0 Å². The highest BCUT2D eigenvalue weighted by molar-refractivity contribution is 7.89. The fourth-order valence-corrected chi connectivity index (χ4v) is 2.91. The molecule has 0 aromatic heterocycles. The Labute approximate surface area is 139 Å². The average Bonchev–Trinajstić information content (AvgIpc) is 2.52. The zero-order valence-electron chi connectivity index (χ0n) is 14.0. The van der Waals surface area contributed by atoms with Crippen LogP contribution in [0.5, 0.6) is 0 Å². The largest absolute Gasteiger partial charge is 0.356 e. The Bertz CT molecular complexity index is 582. The van der Waals surface area contributed by atoms with Gasteiger partial charge in [-0.1, -0.05) is 45.2 Å². The van der Waals surface area contributed by atoms with Crippen LogP contribution in [0.15, 0.2) is 29.2 Å². The van der Waals surface area contributed by atoms with Crippen molar-refractivity contribution >= 4 is 15.9 Å². The van der Waals surface area contributed by atoms with Gasteiger partial charge in [-0.15, -0.1) is 0 Å². The van der Waals surface area contributed by atoms with E-state index in [2.05, 4.69) is 19.2 Å². The van der Waals surface area contributed by atoms with E-state index in [9.17, 15) is 13.2 Å². The number of rotatable bonds is 10. The maximum atomic E-state index is 11.9. The van der Waals surface area contributed by atoms with Crippen LogP contribution in [-0.4, -0.2) is 20.9 Å². The Balaban J connectivity index is 2.38. The number of primary sulfonamides is 1. The fourth-order valence-electron chi connectivity index (χ4n) is 2.39. The number of carbonyl (C=O) groups is 1. The summed E-state index contributed by atoms with van der Waals surface area (Å²) in [5.41, 5.74) is 0.922. The Kier molecular flexibility index (Phi) is 8.26. The molecular formula is C17H28N2O3S. The third-order valence-corrected chi connectivity index (χ3v) is 4.95. The van der Waals surface area contributed by atoms with Crippen molar-refractivity contribution < 1.29 is 13.2 Å². The van der Waals surface area contributed by atoms with Crippen molar-refractivity contribution in [2.24, 2.45) is 11.1 Å². The molecular weight excluding hydrogens is 312 g/mol. The molecule has 0 saturated heterocycles. The molecule has 0 radical (unpaired) electrons. The molecule has 23 heavy (non-hydrogen) atoms. The predicted octanol–water partition coefficient (Wildman–Crippen LogP) is 2.60. The van der Waals surface area contributed by atoms with Gasteiger partial charge in [0.15, 0.2) is 0 Å². The number of benzene rings is 1. The number of amides is 1. The van der Waals surface area contributed by atoms with Crippen LogP contribution in [0.2, 0.25) is 0 Å². The maximum Gasteiger partial charge on any atom is 0.238 e. The summed E-state index contributed by atoms with van der Waals surface area (Å²) in [7, 11) is -3.66. The number of hydrogen-bond donors (Lipinski definition) is 2. The highest BCUT2D eigenvalue weighted by atomic mass is 32.2. The lowest BCUT2D eigenvalue weighted by atomic mass is 9.99. The fraction of sp³-hybridized carbons (Fsp3) is 0.588. The lowest BCUT2D eigenvalue weighted by molar-refractivity contribution is -0.121. The summed E-state index contributed by atoms with van der Waals surface area (Å²) < 4.78 is 22.4. The topological polar surface area (TPSA) is 89.3 Å².